The molecule has 0 aliphatic carbocycles. The van der Waals surface area contributed by atoms with Gasteiger partial charge in [-0.2, -0.15) is 0 Å². The lowest BCUT2D eigenvalue weighted by Gasteiger charge is -2.06. The van der Waals surface area contributed by atoms with E-state index in [0.717, 1.165) is 10.8 Å². The first-order chi connectivity index (χ1) is 6.76. The Labute approximate surface area is 88.2 Å². The molecule has 14 heavy (non-hydrogen) atoms. The van der Waals surface area contributed by atoms with Crippen molar-refractivity contribution in [2.75, 3.05) is 24.7 Å². The van der Waals surface area contributed by atoms with Crippen molar-refractivity contribution in [3.05, 3.63) is 12.3 Å². The molecule has 2 N–H and O–H groups in total. The molecule has 1 heterocycles. The lowest BCUT2D eigenvalue weighted by molar-refractivity contribution is 0.250. The molecule has 1 atom stereocenters. The van der Waals surface area contributed by atoms with Crippen molar-refractivity contribution >= 4 is 17.7 Å². The van der Waals surface area contributed by atoms with Gasteiger partial charge in [-0.05, 0) is 12.0 Å². The van der Waals surface area contributed by atoms with Gasteiger partial charge in [-0.15, -0.1) is 11.8 Å². The minimum absolute atomic E-state index is 0.219. The van der Waals surface area contributed by atoms with E-state index in [1.54, 1.807) is 25.0 Å². The van der Waals surface area contributed by atoms with Gasteiger partial charge in [0.1, 0.15) is 5.03 Å². The van der Waals surface area contributed by atoms with Crippen molar-refractivity contribution in [3.63, 3.8) is 0 Å². The number of nitrogens with one attached hydrogen (secondary N) is 1. The van der Waals surface area contributed by atoms with Crippen molar-refractivity contribution in [1.82, 2.24) is 9.97 Å². The molecule has 1 rings (SSSR count). The fraction of sp³-hybridized carbons (Fsp3) is 0.556. The standard InChI is InChI=1S/C9H15N3OS/c1-7(5-13)6-14-8-3-4-11-9(10-2)12-8/h3-4,7,13H,5-6H2,1-2H3,(H,10,11,12). The van der Waals surface area contributed by atoms with Crippen LogP contribution in [0.25, 0.3) is 0 Å². The van der Waals surface area contributed by atoms with Crippen LogP contribution in [0.1, 0.15) is 6.92 Å². The Bertz CT molecular complexity index is 283. The summed E-state index contributed by atoms with van der Waals surface area (Å²) in [7, 11) is 1.79. The van der Waals surface area contributed by atoms with Gasteiger partial charge in [-0.1, -0.05) is 6.92 Å². The van der Waals surface area contributed by atoms with Gasteiger partial charge in [-0.3, -0.25) is 0 Å². The Morgan fingerprint density at radius 1 is 1.64 bits per heavy atom. The summed E-state index contributed by atoms with van der Waals surface area (Å²) >= 11 is 1.63. The lowest BCUT2D eigenvalue weighted by atomic mass is 10.2. The molecule has 0 aliphatic rings. The third kappa shape index (κ3) is 3.51. The summed E-state index contributed by atoms with van der Waals surface area (Å²) in [6.07, 6.45) is 1.73. The second-order valence-corrected chi connectivity index (χ2v) is 4.11. The highest BCUT2D eigenvalue weighted by Crippen LogP contribution is 2.18. The first-order valence-corrected chi connectivity index (χ1v) is 5.49. The largest absolute Gasteiger partial charge is 0.396 e. The molecule has 0 saturated carbocycles. The molecule has 0 fully saturated rings. The Morgan fingerprint density at radius 3 is 3.07 bits per heavy atom. The van der Waals surface area contributed by atoms with Crippen LogP contribution in [0.15, 0.2) is 17.3 Å². The summed E-state index contributed by atoms with van der Waals surface area (Å²) in [4.78, 5) is 8.28. The lowest BCUT2D eigenvalue weighted by Crippen LogP contribution is -2.04. The number of hydrogen-bond acceptors (Lipinski definition) is 5. The number of aromatic nitrogens is 2. The minimum atomic E-state index is 0.219. The highest BCUT2D eigenvalue weighted by Gasteiger charge is 2.03. The normalized spacial score (nSPS) is 12.5. The van der Waals surface area contributed by atoms with Crippen molar-refractivity contribution in [2.24, 2.45) is 5.92 Å². The van der Waals surface area contributed by atoms with Gasteiger partial charge >= 0.3 is 0 Å². The number of nitrogens with zero attached hydrogens (tertiary/aromatic N) is 2. The molecule has 1 aromatic rings. The first kappa shape index (κ1) is 11.3. The van der Waals surface area contributed by atoms with E-state index < -0.39 is 0 Å². The molecule has 0 saturated heterocycles. The molecular formula is C9H15N3OS. The third-order valence-electron chi connectivity index (χ3n) is 1.68. The molecule has 0 amide bonds. The number of anilines is 1. The summed E-state index contributed by atoms with van der Waals surface area (Å²) in [5, 5.41) is 12.7. The van der Waals surface area contributed by atoms with Crippen LogP contribution in [-0.2, 0) is 0 Å². The monoisotopic (exact) mass is 213 g/mol. The van der Waals surface area contributed by atoms with Gasteiger partial charge in [0.25, 0.3) is 0 Å². The summed E-state index contributed by atoms with van der Waals surface area (Å²) in [5.74, 6) is 1.80. The van der Waals surface area contributed by atoms with Crippen molar-refractivity contribution in [1.29, 1.82) is 0 Å². The molecule has 1 unspecified atom stereocenters. The molecule has 4 nitrogen and oxygen atoms in total. The Morgan fingerprint density at radius 2 is 2.43 bits per heavy atom. The molecule has 0 radical (unpaired) electrons. The number of thioether (sulfide) groups is 1. The van der Waals surface area contributed by atoms with Crippen LogP contribution in [-0.4, -0.2) is 34.5 Å². The minimum Gasteiger partial charge on any atom is -0.396 e. The summed E-state index contributed by atoms with van der Waals surface area (Å²) in [5.41, 5.74) is 0. The molecule has 1 aromatic heterocycles. The van der Waals surface area contributed by atoms with E-state index in [9.17, 15) is 0 Å². The third-order valence-corrected chi connectivity index (χ3v) is 2.94. The van der Waals surface area contributed by atoms with Crippen molar-refractivity contribution < 1.29 is 5.11 Å². The Kier molecular flexibility index (Phi) is 4.69. The fourth-order valence-electron chi connectivity index (χ4n) is 0.823. The number of aliphatic hydroxyl groups is 1. The Balaban J connectivity index is 2.50. The van der Waals surface area contributed by atoms with Gasteiger partial charge in [0.15, 0.2) is 0 Å². The van der Waals surface area contributed by atoms with Crippen molar-refractivity contribution in [2.45, 2.75) is 11.9 Å². The zero-order chi connectivity index (χ0) is 10.4. The van der Waals surface area contributed by atoms with Gasteiger partial charge in [0, 0.05) is 25.6 Å². The smallest absolute Gasteiger partial charge is 0.223 e. The van der Waals surface area contributed by atoms with E-state index in [-0.39, 0.29) is 6.61 Å². The van der Waals surface area contributed by atoms with Crippen LogP contribution in [0.4, 0.5) is 5.95 Å². The maximum Gasteiger partial charge on any atom is 0.223 e. The summed E-state index contributed by atoms with van der Waals surface area (Å²) in [6, 6.07) is 1.87. The average molecular weight is 213 g/mol. The van der Waals surface area contributed by atoms with Crippen LogP contribution >= 0.6 is 11.8 Å². The predicted octanol–water partition coefficient (Wildman–Crippen LogP) is 1.24. The summed E-state index contributed by atoms with van der Waals surface area (Å²) < 4.78 is 0. The van der Waals surface area contributed by atoms with Gasteiger partial charge in [0.05, 0.1) is 0 Å². The number of hydrogen-bond donors (Lipinski definition) is 2. The van der Waals surface area contributed by atoms with Gasteiger partial charge in [0.2, 0.25) is 5.95 Å². The predicted molar refractivity (Wildman–Crippen MR) is 58.6 cm³/mol. The first-order valence-electron chi connectivity index (χ1n) is 4.50. The molecule has 78 valence electrons. The number of aliphatic hydroxyl groups excluding tert-OH is 1. The Hall–Kier alpha value is -0.810. The maximum atomic E-state index is 8.86. The molecule has 0 aliphatic heterocycles. The van der Waals surface area contributed by atoms with E-state index in [1.165, 1.54) is 0 Å². The van der Waals surface area contributed by atoms with Crippen LogP contribution in [0.5, 0.6) is 0 Å². The fourth-order valence-corrected chi connectivity index (χ4v) is 1.69. The molecule has 0 aromatic carbocycles. The number of rotatable bonds is 5. The van der Waals surface area contributed by atoms with E-state index in [2.05, 4.69) is 15.3 Å². The van der Waals surface area contributed by atoms with Crippen LogP contribution in [0.3, 0.4) is 0 Å². The van der Waals surface area contributed by atoms with Crippen molar-refractivity contribution in [3.8, 4) is 0 Å². The SMILES string of the molecule is CNc1nccc(SCC(C)CO)n1. The quantitative estimate of drug-likeness (QED) is 0.569. The van der Waals surface area contributed by atoms with Gasteiger partial charge in [-0.25, -0.2) is 9.97 Å². The summed E-state index contributed by atoms with van der Waals surface area (Å²) in [6.45, 7) is 2.23. The zero-order valence-corrected chi connectivity index (χ0v) is 9.21. The topological polar surface area (TPSA) is 58.0 Å². The van der Waals surface area contributed by atoms with E-state index in [1.807, 2.05) is 13.0 Å². The molecular weight excluding hydrogens is 198 g/mol. The molecule has 0 spiro atoms. The van der Waals surface area contributed by atoms with E-state index >= 15 is 0 Å². The molecule has 5 heteroatoms. The van der Waals surface area contributed by atoms with Crippen LogP contribution in [0, 0.1) is 5.92 Å². The van der Waals surface area contributed by atoms with Gasteiger partial charge < -0.3 is 10.4 Å². The highest BCUT2D eigenvalue weighted by molar-refractivity contribution is 7.99. The highest BCUT2D eigenvalue weighted by atomic mass is 32.2. The second-order valence-electron chi connectivity index (χ2n) is 3.07. The van der Waals surface area contributed by atoms with E-state index in [0.29, 0.717) is 11.9 Å². The maximum absolute atomic E-state index is 8.86. The second kappa shape index (κ2) is 5.82. The van der Waals surface area contributed by atoms with Crippen LogP contribution < -0.4 is 5.32 Å². The van der Waals surface area contributed by atoms with E-state index in [4.69, 9.17) is 5.11 Å². The molecule has 0 bridgehead atoms. The van der Waals surface area contributed by atoms with Crippen LogP contribution in [0.2, 0.25) is 0 Å². The zero-order valence-electron chi connectivity index (χ0n) is 8.40. The average Bonchev–Trinajstić information content (AvgIpc) is 2.26.